The molecule has 1 unspecified atom stereocenters. The van der Waals surface area contributed by atoms with Crippen LogP contribution in [0.4, 0.5) is 22.4 Å². The molecule has 0 spiro atoms. The standard InChI is InChI=1S/C30H29F4N3O4/c1-17-27(37-12-6-9-26(28(37)36-17)40-16-20-21(31)7-5-8-22(20)32)25(38)14-19(15-35-29(39)41-30(2,3)4)18-10-11-23(33)24(34)13-18/h5-13,19H,14-16H2,1-4H3,(H,35,39). The number of ketones is 1. The number of nitrogens with one attached hydrogen (secondary N) is 1. The maximum Gasteiger partial charge on any atom is 0.407 e. The second-order valence-electron chi connectivity index (χ2n) is 10.5. The minimum absolute atomic E-state index is 0.0932. The Hall–Kier alpha value is -4.41. The van der Waals surface area contributed by atoms with E-state index in [9.17, 15) is 27.2 Å². The maximum atomic E-state index is 14.1. The van der Waals surface area contributed by atoms with Gasteiger partial charge in [-0.3, -0.25) is 9.20 Å². The van der Waals surface area contributed by atoms with Crippen molar-refractivity contribution in [3.8, 4) is 5.75 Å². The average molecular weight is 572 g/mol. The van der Waals surface area contributed by atoms with E-state index in [0.717, 1.165) is 24.3 Å². The van der Waals surface area contributed by atoms with Crippen LogP contribution in [0.1, 0.15) is 60.4 Å². The smallest absolute Gasteiger partial charge is 0.407 e. The summed E-state index contributed by atoms with van der Waals surface area (Å²) in [5, 5.41) is 2.59. The Morgan fingerprint density at radius 2 is 1.68 bits per heavy atom. The first-order valence-corrected chi connectivity index (χ1v) is 12.8. The first-order chi connectivity index (χ1) is 19.3. The second kappa shape index (κ2) is 12.0. The summed E-state index contributed by atoms with van der Waals surface area (Å²) in [5.74, 6) is -4.57. The second-order valence-corrected chi connectivity index (χ2v) is 10.5. The predicted molar refractivity (Wildman–Crippen MR) is 143 cm³/mol. The molecule has 216 valence electrons. The van der Waals surface area contributed by atoms with Crippen molar-refractivity contribution >= 4 is 17.5 Å². The summed E-state index contributed by atoms with van der Waals surface area (Å²) in [6.45, 7) is 6.21. The molecule has 0 saturated carbocycles. The quantitative estimate of drug-likeness (QED) is 0.180. The van der Waals surface area contributed by atoms with Gasteiger partial charge in [-0.1, -0.05) is 12.1 Å². The Morgan fingerprint density at radius 1 is 0.976 bits per heavy atom. The van der Waals surface area contributed by atoms with Crippen LogP contribution < -0.4 is 10.1 Å². The number of nitrogens with zero attached hydrogens (tertiary/aromatic N) is 2. The molecule has 0 bridgehead atoms. The molecular formula is C30H29F4N3O4. The molecule has 0 fully saturated rings. The third kappa shape index (κ3) is 7.03. The number of pyridine rings is 1. The zero-order valence-electron chi connectivity index (χ0n) is 22.9. The molecule has 11 heteroatoms. The van der Waals surface area contributed by atoms with Crippen LogP contribution in [-0.4, -0.2) is 33.4 Å². The number of benzene rings is 2. The van der Waals surface area contributed by atoms with Gasteiger partial charge >= 0.3 is 6.09 Å². The first kappa shape index (κ1) is 29.6. The summed E-state index contributed by atoms with van der Waals surface area (Å²) in [7, 11) is 0. The number of amides is 1. The molecule has 2 heterocycles. The summed E-state index contributed by atoms with van der Waals surface area (Å²) >= 11 is 0. The molecule has 1 amide bonds. The van der Waals surface area contributed by atoms with Gasteiger partial charge in [0.15, 0.2) is 28.8 Å². The van der Waals surface area contributed by atoms with Crippen molar-refractivity contribution in [2.75, 3.05) is 6.54 Å². The summed E-state index contributed by atoms with van der Waals surface area (Å²) in [5.41, 5.74) is 0.0979. The molecule has 7 nitrogen and oxygen atoms in total. The maximum absolute atomic E-state index is 14.1. The van der Waals surface area contributed by atoms with Gasteiger partial charge in [-0.25, -0.2) is 27.3 Å². The number of fused-ring (bicyclic) bond motifs is 1. The lowest BCUT2D eigenvalue weighted by Gasteiger charge is -2.22. The van der Waals surface area contributed by atoms with Gasteiger partial charge in [-0.15, -0.1) is 0 Å². The molecule has 4 aromatic rings. The Morgan fingerprint density at radius 3 is 2.34 bits per heavy atom. The Balaban J connectivity index is 1.60. The van der Waals surface area contributed by atoms with Crippen molar-refractivity contribution in [1.82, 2.24) is 14.7 Å². The molecule has 41 heavy (non-hydrogen) atoms. The van der Waals surface area contributed by atoms with Crippen molar-refractivity contribution in [3.05, 3.63) is 101 Å². The summed E-state index contributed by atoms with van der Waals surface area (Å²) < 4.78 is 68.3. The molecule has 2 aromatic carbocycles. The highest BCUT2D eigenvalue weighted by molar-refractivity contribution is 5.97. The van der Waals surface area contributed by atoms with E-state index >= 15 is 0 Å². The number of rotatable bonds is 9. The van der Waals surface area contributed by atoms with Crippen molar-refractivity contribution < 1.29 is 36.6 Å². The highest BCUT2D eigenvalue weighted by Gasteiger charge is 2.25. The Bertz CT molecular complexity index is 1580. The van der Waals surface area contributed by atoms with E-state index in [1.165, 1.54) is 16.5 Å². The van der Waals surface area contributed by atoms with Crippen molar-refractivity contribution in [3.63, 3.8) is 0 Å². The summed E-state index contributed by atoms with van der Waals surface area (Å²) in [6, 6.07) is 9.94. The average Bonchev–Trinajstić information content (AvgIpc) is 3.23. The highest BCUT2D eigenvalue weighted by atomic mass is 19.2. The molecule has 0 aliphatic carbocycles. The van der Waals surface area contributed by atoms with Crippen molar-refractivity contribution in [2.45, 2.75) is 52.2 Å². The van der Waals surface area contributed by atoms with Crippen LogP contribution >= 0.6 is 0 Å². The number of alkyl carbamates (subject to hydrolysis) is 1. The molecule has 2 aromatic heterocycles. The first-order valence-electron chi connectivity index (χ1n) is 12.8. The van der Waals surface area contributed by atoms with E-state index in [1.807, 2.05) is 0 Å². The molecule has 1 N–H and O–H groups in total. The van der Waals surface area contributed by atoms with Crippen LogP contribution in [0.5, 0.6) is 5.75 Å². The number of Topliss-reactive ketones (excluding diaryl/α,β-unsaturated/α-hetero) is 1. The molecule has 0 radical (unpaired) electrons. The lowest BCUT2D eigenvalue weighted by molar-refractivity contribution is 0.0522. The van der Waals surface area contributed by atoms with Crippen LogP contribution in [0.3, 0.4) is 0 Å². The number of hydrogen-bond donors (Lipinski definition) is 1. The van der Waals surface area contributed by atoms with Gasteiger partial charge in [0.2, 0.25) is 0 Å². The molecule has 0 saturated heterocycles. The number of carbonyl (C=O) groups is 2. The van der Waals surface area contributed by atoms with E-state index < -0.39 is 53.3 Å². The number of hydrogen-bond acceptors (Lipinski definition) is 5. The fraction of sp³-hybridized carbons (Fsp3) is 0.300. The van der Waals surface area contributed by atoms with Crippen molar-refractivity contribution in [2.24, 2.45) is 0 Å². The summed E-state index contributed by atoms with van der Waals surface area (Å²) in [4.78, 5) is 30.3. The highest BCUT2D eigenvalue weighted by Crippen LogP contribution is 2.28. The van der Waals surface area contributed by atoms with Gasteiger partial charge in [0.25, 0.3) is 0 Å². The normalized spacial score (nSPS) is 12.3. The fourth-order valence-electron chi connectivity index (χ4n) is 4.34. The predicted octanol–water partition coefficient (Wildman–Crippen LogP) is 6.66. The fourth-order valence-corrected chi connectivity index (χ4v) is 4.34. The Kier molecular flexibility index (Phi) is 8.65. The number of carbonyl (C=O) groups excluding carboxylic acids is 2. The van der Waals surface area contributed by atoms with Gasteiger partial charge in [-0.05, 0) is 69.7 Å². The molecule has 4 rings (SSSR count). The topological polar surface area (TPSA) is 81.9 Å². The van der Waals surface area contributed by atoms with E-state index in [-0.39, 0.29) is 35.6 Å². The zero-order chi connectivity index (χ0) is 29.9. The number of ether oxygens (including phenoxy) is 2. The van der Waals surface area contributed by atoms with Crippen molar-refractivity contribution in [1.29, 1.82) is 0 Å². The van der Waals surface area contributed by atoms with Crippen LogP contribution in [0.2, 0.25) is 0 Å². The van der Waals surface area contributed by atoms with Crippen LogP contribution in [0, 0.1) is 30.2 Å². The van der Waals surface area contributed by atoms with E-state index in [4.69, 9.17) is 9.47 Å². The van der Waals surface area contributed by atoms with Gasteiger partial charge < -0.3 is 14.8 Å². The minimum Gasteiger partial charge on any atom is -0.485 e. The van der Waals surface area contributed by atoms with Gasteiger partial charge in [0.05, 0.1) is 11.3 Å². The number of imidazole rings is 1. The molecule has 0 aliphatic rings. The molecular weight excluding hydrogens is 542 g/mol. The van der Waals surface area contributed by atoms with Crippen LogP contribution in [-0.2, 0) is 11.3 Å². The number of halogens is 4. The zero-order valence-corrected chi connectivity index (χ0v) is 22.9. The third-order valence-electron chi connectivity index (χ3n) is 6.22. The molecule has 0 aliphatic heterocycles. The van der Waals surface area contributed by atoms with E-state index in [1.54, 1.807) is 46.0 Å². The lowest BCUT2D eigenvalue weighted by atomic mass is 9.92. The summed E-state index contributed by atoms with van der Waals surface area (Å²) in [6.07, 6.45) is 0.669. The van der Waals surface area contributed by atoms with Gasteiger partial charge in [0.1, 0.15) is 29.5 Å². The van der Waals surface area contributed by atoms with E-state index in [2.05, 4.69) is 10.3 Å². The Labute approximate surface area is 234 Å². The lowest BCUT2D eigenvalue weighted by Crippen LogP contribution is -2.35. The van der Waals surface area contributed by atoms with E-state index in [0.29, 0.717) is 11.3 Å². The van der Waals surface area contributed by atoms with Gasteiger partial charge in [-0.2, -0.15) is 0 Å². The van der Waals surface area contributed by atoms with Gasteiger partial charge in [0, 0.05) is 25.1 Å². The SMILES string of the molecule is Cc1nc2c(OCc3c(F)cccc3F)cccn2c1C(=O)CC(CNC(=O)OC(C)(C)C)c1ccc(F)c(F)c1. The van der Waals surface area contributed by atoms with Crippen LogP contribution in [0.25, 0.3) is 5.65 Å². The minimum atomic E-state index is -1.09. The van der Waals surface area contributed by atoms with Crippen LogP contribution in [0.15, 0.2) is 54.7 Å². The monoisotopic (exact) mass is 571 g/mol. The number of aryl methyl sites for hydroxylation is 1. The number of aromatic nitrogens is 2. The largest absolute Gasteiger partial charge is 0.485 e. The molecule has 1 atom stereocenters. The third-order valence-corrected chi connectivity index (χ3v) is 6.22.